The second kappa shape index (κ2) is 12.3. The largest absolute Gasteiger partial charge is 0.480 e. The first kappa shape index (κ1) is 28.8. The lowest BCUT2D eigenvalue weighted by atomic mass is 10.0. The number of carboxylic acids is 2. The second-order valence-electron chi connectivity index (χ2n) is 8.63. The number of carbonyl (C=O) groups excluding carboxylic acids is 3. The lowest BCUT2D eigenvalue weighted by molar-refractivity contribution is -0.150. The number of aliphatic carboxylic acids is 2. The van der Waals surface area contributed by atoms with E-state index in [4.69, 9.17) is 15.6 Å². The number of fused-ring (bicyclic) bond motifs is 1. The van der Waals surface area contributed by atoms with E-state index in [-0.39, 0.29) is 17.9 Å². The van der Waals surface area contributed by atoms with Crippen molar-refractivity contribution in [3.8, 4) is 0 Å². The maximum absolute atomic E-state index is 12.9. The molecule has 3 atom stereocenters. The van der Waals surface area contributed by atoms with E-state index in [2.05, 4.69) is 26.2 Å². The molecule has 2 aromatic rings. The zero-order valence-corrected chi connectivity index (χ0v) is 22.5. The molecule has 6 N–H and O–H groups in total. The standard InChI is InChI=1S/C22H24N8O8S2/c1-29-21(26-27-28-29)40-9-11-8-39-18-15(17(32)30(18)16(11)20(35)36)25-14(31)6-10-2-4-12(5-3-10)24-22(37)38-7-13(23)19(33)34/h2-5,13,15,18H,6-9,23H2,1H3,(H,24,37)(H,25,31)(H,33,34)(H,35,36)/t13-,15+,18-/m0/s1. The lowest BCUT2D eigenvalue weighted by Crippen LogP contribution is -2.70. The quantitative estimate of drug-likeness (QED) is 0.160. The number of rotatable bonds is 11. The fraction of sp³-hybridized carbons (Fsp3) is 0.364. The van der Waals surface area contributed by atoms with Crippen LogP contribution >= 0.6 is 23.5 Å². The highest BCUT2D eigenvalue weighted by Gasteiger charge is 2.54. The number of nitrogens with one attached hydrogen (secondary N) is 2. The summed E-state index contributed by atoms with van der Waals surface area (Å²) in [6, 6.07) is 4.02. The third-order valence-corrected chi connectivity index (χ3v) is 8.24. The molecule has 40 heavy (non-hydrogen) atoms. The molecular weight excluding hydrogens is 568 g/mol. The van der Waals surface area contributed by atoms with Crippen molar-refractivity contribution in [3.05, 3.63) is 41.1 Å². The molecule has 4 rings (SSSR count). The fourth-order valence-corrected chi connectivity index (χ4v) is 6.13. The SMILES string of the molecule is Cn1nnnc1SCC1=C(C(=O)O)N2C(=O)[C@@H](NC(=O)Cc3ccc(NC(=O)OC[C@H](N)C(=O)O)cc3)[C@@H]2SC1. The zero-order chi connectivity index (χ0) is 29.0. The maximum atomic E-state index is 12.9. The van der Waals surface area contributed by atoms with Gasteiger partial charge in [0.15, 0.2) is 0 Å². The number of hydrogen-bond donors (Lipinski definition) is 5. The van der Waals surface area contributed by atoms with Crippen LogP contribution in [-0.4, -0.2) is 101 Å². The molecule has 0 radical (unpaired) electrons. The Kier molecular flexibility index (Phi) is 8.90. The van der Waals surface area contributed by atoms with Crippen LogP contribution in [0.3, 0.4) is 0 Å². The number of anilines is 1. The number of β-lactam (4-membered cyclic amide) rings is 1. The summed E-state index contributed by atoms with van der Waals surface area (Å²) in [6.45, 7) is -0.499. The number of hydrogen-bond acceptors (Lipinski definition) is 12. The zero-order valence-electron chi connectivity index (χ0n) is 20.8. The van der Waals surface area contributed by atoms with Crippen LogP contribution in [0.1, 0.15) is 5.56 Å². The number of nitrogens with zero attached hydrogens (tertiary/aromatic N) is 5. The first-order chi connectivity index (χ1) is 19.0. The summed E-state index contributed by atoms with van der Waals surface area (Å²) in [6.07, 6.45) is -0.948. The van der Waals surface area contributed by atoms with Crippen LogP contribution in [-0.2, 0) is 37.4 Å². The van der Waals surface area contributed by atoms with E-state index < -0.39 is 53.9 Å². The van der Waals surface area contributed by atoms with Crippen molar-refractivity contribution < 1.29 is 38.9 Å². The monoisotopic (exact) mass is 592 g/mol. The molecule has 1 fully saturated rings. The van der Waals surface area contributed by atoms with Gasteiger partial charge in [-0.05, 0) is 33.7 Å². The van der Waals surface area contributed by atoms with Crippen molar-refractivity contribution in [2.45, 2.75) is 29.0 Å². The van der Waals surface area contributed by atoms with E-state index in [1.54, 1.807) is 19.2 Å². The number of benzene rings is 1. The Labute approximate surface area is 234 Å². The summed E-state index contributed by atoms with van der Waals surface area (Å²) in [5.74, 6) is -2.82. The molecule has 212 valence electrons. The van der Waals surface area contributed by atoms with Gasteiger partial charge < -0.3 is 26.0 Å². The first-order valence-electron chi connectivity index (χ1n) is 11.6. The second-order valence-corrected chi connectivity index (χ2v) is 10.7. The highest BCUT2D eigenvalue weighted by atomic mass is 32.2. The van der Waals surface area contributed by atoms with E-state index in [0.717, 1.165) is 0 Å². The molecule has 1 aromatic carbocycles. The van der Waals surface area contributed by atoms with Gasteiger partial charge in [-0.15, -0.1) is 16.9 Å². The molecule has 16 nitrogen and oxygen atoms in total. The van der Waals surface area contributed by atoms with Gasteiger partial charge in [-0.25, -0.2) is 14.3 Å². The number of tetrazole rings is 1. The normalized spacial score (nSPS) is 18.9. The summed E-state index contributed by atoms with van der Waals surface area (Å²) in [5.41, 5.74) is 6.68. The molecule has 2 aliphatic rings. The Morgan fingerprint density at radius 1 is 1.25 bits per heavy atom. The van der Waals surface area contributed by atoms with Crippen LogP contribution in [0.2, 0.25) is 0 Å². The number of aromatic nitrogens is 4. The van der Waals surface area contributed by atoms with Crippen LogP contribution in [0, 0.1) is 0 Å². The third kappa shape index (κ3) is 6.52. The smallest absolute Gasteiger partial charge is 0.411 e. The van der Waals surface area contributed by atoms with E-state index in [0.29, 0.717) is 27.7 Å². The van der Waals surface area contributed by atoms with Crippen LogP contribution in [0.5, 0.6) is 0 Å². The minimum absolute atomic E-state index is 0.0609. The Morgan fingerprint density at radius 3 is 2.60 bits per heavy atom. The fourth-order valence-electron chi connectivity index (χ4n) is 3.80. The summed E-state index contributed by atoms with van der Waals surface area (Å²) in [7, 11) is 1.66. The number of ether oxygens (including phenoxy) is 1. The van der Waals surface area contributed by atoms with E-state index >= 15 is 0 Å². The number of amides is 3. The predicted octanol–water partition coefficient (Wildman–Crippen LogP) is -0.756. The summed E-state index contributed by atoms with van der Waals surface area (Å²) < 4.78 is 6.20. The molecule has 0 unspecified atom stereocenters. The number of aryl methyl sites for hydroxylation is 1. The predicted molar refractivity (Wildman–Crippen MR) is 140 cm³/mol. The van der Waals surface area contributed by atoms with Crippen molar-refractivity contribution in [3.63, 3.8) is 0 Å². The highest BCUT2D eigenvalue weighted by molar-refractivity contribution is 8.01. The van der Waals surface area contributed by atoms with Gasteiger partial charge in [0.05, 0.1) is 6.42 Å². The lowest BCUT2D eigenvalue weighted by Gasteiger charge is -2.49. The molecule has 18 heteroatoms. The van der Waals surface area contributed by atoms with Gasteiger partial charge in [0.2, 0.25) is 11.1 Å². The molecule has 0 spiro atoms. The highest BCUT2D eigenvalue weighted by Crippen LogP contribution is 2.41. The van der Waals surface area contributed by atoms with Crippen LogP contribution in [0.15, 0.2) is 40.7 Å². The molecule has 2 aliphatic heterocycles. The number of carboxylic acid groups (broad SMARTS) is 2. The van der Waals surface area contributed by atoms with Crippen molar-refractivity contribution in [2.24, 2.45) is 12.8 Å². The average molecular weight is 593 g/mol. The molecule has 0 bridgehead atoms. The van der Waals surface area contributed by atoms with Gasteiger partial charge in [0.25, 0.3) is 5.91 Å². The van der Waals surface area contributed by atoms with Gasteiger partial charge in [0.1, 0.15) is 29.8 Å². The van der Waals surface area contributed by atoms with Crippen LogP contribution in [0.25, 0.3) is 0 Å². The molecule has 1 saturated heterocycles. The Hall–Kier alpha value is -4.16. The number of nitrogens with two attached hydrogens (primary N) is 1. The molecule has 0 saturated carbocycles. The van der Waals surface area contributed by atoms with E-state index in [1.165, 1.54) is 45.2 Å². The van der Waals surface area contributed by atoms with E-state index in [9.17, 15) is 29.1 Å². The first-order valence-corrected chi connectivity index (χ1v) is 13.6. The molecule has 3 amide bonds. The Morgan fingerprint density at radius 2 is 1.98 bits per heavy atom. The topological polar surface area (TPSA) is 232 Å². The van der Waals surface area contributed by atoms with E-state index in [1.807, 2.05) is 0 Å². The van der Waals surface area contributed by atoms with Crippen molar-refractivity contribution in [1.82, 2.24) is 30.4 Å². The Balaban J connectivity index is 1.30. The van der Waals surface area contributed by atoms with Crippen LogP contribution < -0.4 is 16.4 Å². The van der Waals surface area contributed by atoms with Crippen molar-refractivity contribution in [1.29, 1.82) is 0 Å². The van der Waals surface area contributed by atoms with Gasteiger partial charge in [-0.2, -0.15) is 0 Å². The third-order valence-electron chi connectivity index (χ3n) is 5.80. The minimum Gasteiger partial charge on any atom is -0.480 e. The number of carbonyl (C=O) groups is 5. The summed E-state index contributed by atoms with van der Waals surface area (Å²) in [5, 5.41) is 34.7. The molecular formula is C22H24N8O8S2. The van der Waals surface area contributed by atoms with Gasteiger partial charge in [-0.3, -0.25) is 24.6 Å². The van der Waals surface area contributed by atoms with Crippen molar-refractivity contribution >= 4 is 59.1 Å². The number of thioether (sulfide) groups is 2. The average Bonchev–Trinajstić information content (AvgIpc) is 3.33. The van der Waals surface area contributed by atoms with Gasteiger partial charge in [0, 0.05) is 24.2 Å². The Bertz CT molecular complexity index is 1360. The maximum Gasteiger partial charge on any atom is 0.411 e. The minimum atomic E-state index is -1.34. The molecule has 1 aromatic heterocycles. The van der Waals surface area contributed by atoms with Gasteiger partial charge in [-0.1, -0.05) is 23.9 Å². The molecule has 3 heterocycles. The summed E-state index contributed by atoms with van der Waals surface area (Å²) >= 11 is 2.62. The summed E-state index contributed by atoms with van der Waals surface area (Å²) in [4.78, 5) is 61.2. The van der Waals surface area contributed by atoms with Gasteiger partial charge >= 0.3 is 18.0 Å². The van der Waals surface area contributed by atoms with Crippen molar-refractivity contribution in [2.75, 3.05) is 23.4 Å². The van der Waals surface area contributed by atoms with Crippen LogP contribution in [0.4, 0.5) is 10.5 Å². The molecule has 0 aliphatic carbocycles.